The number of primary amides is 1. The van der Waals surface area contributed by atoms with Crippen LogP contribution >= 0.6 is 0 Å². The van der Waals surface area contributed by atoms with Gasteiger partial charge in [-0.25, -0.2) is 0 Å². The number of hydrogen-bond acceptors (Lipinski definition) is 4. The number of nitrogens with zero attached hydrogens (tertiary/aromatic N) is 2. The summed E-state index contributed by atoms with van der Waals surface area (Å²) in [6.07, 6.45) is 0. The normalized spacial score (nSPS) is 21.1. The first-order chi connectivity index (χ1) is 6.43. The first-order valence-electron chi connectivity index (χ1n) is 4.26. The fraction of sp³-hybridized carbons (Fsp3) is 0.625. The third-order valence-corrected chi connectivity index (χ3v) is 2.38. The average molecular weight is 199 g/mol. The van der Waals surface area contributed by atoms with Crippen LogP contribution in [0.3, 0.4) is 0 Å². The molecule has 2 N–H and O–H groups in total. The molecule has 1 aliphatic heterocycles. The number of carbonyl (C=O) groups excluding carboxylic acids is 3. The van der Waals surface area contributed by atoms with Gasteiger partial charge >= 0.3 is 0 Å². The maximum absolute atomic E-state index is 11.3. The van der Waals surface area contributed by atoms with Crippen LogP contribution in [0.1, 0.15) is 6.92 Å². The molecule has 3 amide bonds. The zero-order valence-corrected chi connectivity index (χ0v) is 8.19. The third kappa shape index (κ3) is 1.90. The summed E-state index contributed by atoms with van der Waals surface area (Å²) in [6.45, 7) is 1.70. The molecule has 1 unspecified atom stereocenters. The summed E-state index contributed by atoms with van der Waals surface area (Å²) in [4.78, 5) is 35.9. The highest BCUT2D eigenvalue weighted by Gasteiger charge is 2.32. The van der Waals surface area contributed by atoms with Crippen LogP contribution in [0.2, 0.25) is 0 Å². The monoisotopic (exact) mass is 199 g/mol. The number of hydrogen-bond donors (Lipinski definition) is 1. The molecule has 0 radical (unpaired) electrons. The lowest BCUT2D eigenvalue weighted by atomic mass is 10.2. The number of imide groups is 1. The first kappa shape index (κ1) is 10.6. The minimum atomic E-state index is -0.586. The van der Waals surface area contributed by atoms with Gasteiger partial charge in [0, 0.05) is 7.05 Å². The molecule has 1 rings (SSSR count). The summed E-state index contributed by atoms with van der Waals surface area (Å²) in [6, 6.07) is -0.586. The van der Waals surface area contributed by atoms with Gasteiger partial charge in [0.05, 0.1) is 19.1 Å². The maximum atomic E-state index is 11.3. The van der Waals surface area contributed by atoms with E-state index < -0.39 is 11.9 Å². The van der Waals surface area contributed by atoms with Crippen LogP contribution < -0.4 is 5.73 Å². The van der Waals surface area contributed by atoms with Gasteiger partial charge in [0.2, 0.25) is 17.7 Å². The van der Waals surface area contributed by atoms with E-state index in [9.17, 15) is 14.4 Å². The zero-order chi connectivity index (χ0) is 10.9. The first-order valence-corrected chi connectivity index (χ1v) is 4.26. The Labute approximate surface area is 81.6 Å². The lowest BCUT2D eigenvalue weighted by molar-refractivity contribution is -0.151. The van der Waals surface area contributed by atoms with Crippen molar-refractivity contribution in [2.24, 2.45) is 5.73 Å². The van der Waals surface area contributed by atoms with Gasteiger partial charge in [-0.3, -0.25) is 24.2 Å². The van der Waals surface area contributed by atoms with Gasteiger partial charge in [0.15, 0.2) is 0 Å². The van der Waals surface area contributed by atoms with E-state index in [1.54, 1.807) is 6.92 Å². The molecule has 0 spiro atoms. The van der Waals surface area contributed by atoms with Gasteiger partial charge < -0.3 is 5.73 Å². The second kappa shape index (κ2) is 3.75. The fourth-order valence-electron chi connectivity index (χ4n) is 1.21. The largest absolute Gasteiger partial charge is 0.368 e. The summed E-state index contributed by atoms with van der Waals surface area (Å²) in [5, 5.41) is 0. The average Bonchev–Trinajstić information content (AvgIpc) is 2.12. The summed E-state index contributed by atoms with van der Waals surface area (Å²) >= 11 is 0. The van der Waals surface area contributed by atoms with Gasteiger partial charge in [-0.05, 0) is 6.92 Å². The Bertz CT molecular complexity index is 272. The van der Waals surface area contributed by atoms with E-state index in [-0.39, 0.29) is 24.9 Å². The number of nitrogens with two attached hydrogens (primary N) is 1. The molecular formula is C8H13N3O3. The molecule has 0 aromatic carbocycles. The number of rotatable bonds is 2. The smallest absolute Gasteiger partial charge is 0.243 e. The maximum Gasteiger partial charge on any atom is 0.243 e. The van der Waals surface area contributed by atoms with Crippen LogP contribution in [0.4, 0.5) is 0 Å². The number of carbonyl (C=O) groups is 3. The molecule has 0 saturated carbocycles. The van der Waals surface area contributed by atoms with Gasteiger partial charge in [-0.2, -0.15) is 0 Å². The standard InChI is InChI=1S/C8H13N3O3/c1-5(8(9)14)11-3-6(12)10(2)7(13)4-11/h5H,3-4H2,1-2H3,(H2,9,14). The Hall–Kier alpha value is -1.43. The van der Waals surface area contributed by atoms with Crippen molar-refractivity contribution < 1.29 is 14.4 Å². The summed E-state index contributed by atoms with van der Waals surface area (Å²) in [7, 11) is 1.43. The van der Waals surface area contributed by atoms with E-state index in [0.717, 1.165) is 4.90 Å². The molecule has 0 bridgehead atoms. The molecule has 1 heterocycles. The molecule has 0 aromatic heterocycles. The molecule has 14 heavy (non-hydrogen) atoms. The Morgan fingerprint density at radius 3 is 2.14 bits per heavy atom. The van der Waals surface area contributed by atoms with Crippen molar-refractivity contribution in [1.29, 1.82) is 0 Å². The fourth-order valence-corrected chi connectivity index (χ4v) is 1.21. The van der Waals surface area contributed by atoms with Gasteiger partial charge in [0.1, 0.15) is 0 Å². The zero-order valence-electron chi connectivity index (χ0n) is 8.19. The van der Waals surface area contributed by atoms with Crippen LogP contribution in [0.25, 0.3) is 0 Å². The summed E-state index contributed by atoms with van der Waals surface area (Å²) in [5.74, 6) is -1.15. The van der Waals surface area contributed by atoms with E-state index in [1.807, 2.05) is 0 Å². The highest BCUT2D eigenvalue weighted by Crippen LogP contribution is 2.06. The van der Waals surface area contributed by atoms with Crippen LogP contribution in [0.5, 0.6) is 0 Å². The minimum Gasteiger partial charge on any atom is -0.368 e. The van der Waals surface area contributed by atoms with Crippen LogP contribution in [0, 0.1) is 0 Å². The van der Waals surface area contributed by atoms with Crippen LogP contribution in [-0.4, -0.2) is 53.7 Å². The van der Waals surface area contributed by atoms with E-state index in [1.165, 1.54) is 11.9 Å². The lowest BCUT2D eigenvalue weighted by Gasteiger charge is -2.32. The van der Waals surface area contributed by atoms with E-state index >= 15 is 0 Å². The Kier molecular flexibility index (Phi) is 2.85. The molecule has 78 valence electrons. The van der Waals surface area contributed by atoms with Crippen molar-refractivity contribution in [3.63, 3.8) is 0 Å². The van der Waals surface area contributed by atoms with Crippen molar-refractivity contribution in [1.82, 2.24) is 9.80 Å². The van der Waals surface area contributed by atoms with Crippen molar-refractivity contribution in [2.45, 2.75) is 13.0 Å². The van der Waals surface area contributed by atoms with Gasteiger partial charge in [0.25, 0.3) is 0 Å². The predicted octanol–water partition coefficient (Wildman–Crippen LogP) is -1.84. The van der Waals surface area contributed by atoms with E-state index in [2.05, 4.69) is 0 Å². The van der Waals surface area contributed by atoms with Crippen molar-refractivity contribution in [3.05, 3.63) is 0 Å². The van der Waals surface area contributed by atoms with Crippen molar-refractivity contribution in [3.8, 4) is 0 Å². The SMILES string of the molecule is CC(C(N)=O)N1CC(=O)N(C)C(=O)C1. The highest BCUT2D eigenvalue weighted by atomic mass is 16.2. The number of amides is 3. The quantitative estimate of drug-likeness (QED) is 0.530. The Balaban J connectivity index is 2.72. The lowest BCUT2D eigenvalue weighted by Crippen LogP contribution is -2.57. The summed E-state index contributed by atoms with van der Waals surface area (Å²) < 4.78 is 0. The number of likely N-dealkylation sites (N-methyl/N-ethyl adjacent to an activating group) is 1. The minimum absolute atomic E-state index is 0.0619. The third-order valence-electron chi connectivity index (χ3n) is 2.38. The number of piperazine rings is 1. The molecule has 1 saturated heterocycles. The van der Waals surface area contributed by atoms with Crippen molar-refractivity contribution in [2.75, 3.05) is 20.1 Å². The molecule has 6 nitrogen and oxygen atoms in total. The molecule has 1 aliphatic rings. The van der Waals surface area contributed by atoms with Crippen molar-refractivity contribution >= 4 is 17.7 Å². The highest BCUT2D eigenvalue weighted by molar-refractivity contribution is 5.99. The molecule has 1 fully saturated rings. The van der Waals surface area contributed by atoms with E-state index in [4.69, 9.17) is 5.73 Å². The molecule has 0 aromatic rings. The van der Waals surface area contributed by atoms with Gasteiger partial charge in [-0.1, -0.05) is 0 Å². The van der Waals surface area contributed by atoms with E-state index in [0.29, 0.717) is 0 Å². The van der Waals surface area contributed by atoms with Crippen LogP contribution in [0.15, 0.2) is 0 Å². The predicted molar refractivity (Wildman–Crippen MR) is 48.0 cm³/mol. The second-order valence-corrected chi connectivity index (χ2v) is 3.33. The molecule has 0 aliphatic carbocycles. The molecular weight excluding hydrogens is 186 g/mol. The Morgan fingerprint density at radius 1 is 1.36 bits per heavy atom. The summed E-state index contributed by atoms with van der Waals surface area (Å²) in [5.41, 5.74) is 5.08. The van der Waals surface area contributed by atoms with Gasteiger partial charge in [-0.15, -0.1) is 0 Å². The van der Waals surface area contributed by atoms with Crippen LogP contribution in [-0.2, 0) is 14.4 Å². The molecule has 1 atom stereocenters. The Morgan fingerprint density at radius 2 is 1.79 bits per heavy atom. The molecule has 6 heteroatoms. The second-order valence-electron chi connectivity index (χ2n) is 3.33. The topological polar surface area (TPSA) is 83.7 Å².